The second-order valence-corrected chi connectivity index (χ2v) is 4.85. The molecule has 0 radical (unpaired) electrons. The van der Waals surface area contributed by atoms with E-state index in [0.29, 0.717) is 18.6 Å². The summed E-state index contributed by atoms with van der Waals surface area (Å²) in [6.07, 6.45) is 3.62. The molecule has 2 nitrogen and oxygen atoms in total. The van der Waals surface area contributed by atoms with Crippen LogP contribution in [-0.4, -0.2) is 17.8 Å². The zero-order chi connectivity index (χ0) is 11.4. The maximum absolute atomic E-state index is 9.23. The van der Waals surface area contributed by atoms with E-state index in [1.165, 1.54) is 30.4 Å². The minimum absolute atomic E-state index is 0.325. The largest absolute Gasteiger partial charge is 0.396 e. The number of hydrogen-bond donors (Lipinski definition) is 2. The number of rotatable bonds is 4. The van der Waals surface area contributed by atoms with E-state index in [2.05, 4.69) is 36.5 Å². The Morgan fingerprint density at radius 1 is 1.25 bits per heavy atom. The molecule has 0 heterocycles. The first kappa shape index (κ1) is 11.6. The minimum Gasteiger partial charge on any atom is -0.396 e. The SMILES string of the molecule is Cc1ccc(CNC2CCCC2CO)cc1. The normalized spacial score (nSPS) is 24.9. The number of aliphatic hydroxyl groups is 1. The summed E-state index contributed by atoms with van der Waals surface area (Å²) in [6.45, 7) is 3.35. The van der Waals surface area contributed by atoms with Crippen molar-refractivity contribution in [3.8, 4) is 0 Å². The Bertz CT molecular complexity index is 320. The molecule has 88 valence electrons. The number of benzene rings is 1. The van der Waals surface area contributed by atoms with Gasteiger partial charge in [0.1, 0.15) is 0 Å². The lowest BCUT2D eigenvalue weighted by Gasteiger charge is -2.19. The van der Waals surface area contributed by atoms with E-state index < -0.39 is 0 Å². The van der Waals surface area contributed by atoms with Gasteiger partial charge in [-0.15, -0.1) is 0 Å². The maximum Gasteiger partial charge on any atom is 0.0474 e. The summed E-state index contributed by atoms with van der Waals surface area (Å²) < 4.78 is 0. The maximum atomic E-state index is 9.23. The topological polar surface area (TPSA) is 32.3 Å². The first-order chi connectivity index (χ1) is 7.79. The third kappa shape index (κ3) is 2.83. The van der Waals surface area contributed by atoms with E-state index in [1.54, 1.807) is 0 Å². The van der Waals surface area contributed by atoms with Gasteiger partial charge in [-0.1, -0.05) is 36.2 Å². The molecule has 1 saturated carbocycles. The third-order valence-corrected chi connectivity index (χ3v) is 3.58. The van der Waals surface area contributed by atoms with Gasteiger partial charge in [-0.2, -0.15) is 0 Å². The summed E-state index contributed by atoms with van der Waals surface area (Å²) in [5, 5.41) is 12.8. The summed E-state index contributed by atoms with van der Waals surface area (Å²) in [6, 6.07) is 9.15. The van der Waals surface area contributed by atoms with Crippen LogP contribution >= 0.6 is 0 Å². The van der Waals surface area contributed by atoms with Crippen molar-refractivity contribution in [2.45, 2.75) is 38.8 Å². The van der Waals surface area contributed by atoms with Gasteiger partial charge in [-0.25, -0.2) is 0 Å². The standard InChI is InChI=1S/C14H21NO/c1-11-5-7-12(8-6-11)9-15-14-4-2-3-13(14)10-16/h5-8,13-16H,2-4,9-10H2,1H3. The van der Waals surface area contributed by atoms with Gasteiger partial charge in [-0.05, 0) is 31.2 Å². The average molecular weight is 219 g/mol. The Hall–Kier alpha value is -0.860. The summed E-state index contributed by atoms with van der Waals surface area (Å²) in [7, 11) is 0. The molecule has 2 heteroatoms. The van der Waals surface area contributed by atoms with Crippen LogP contribution in [-0.2, 0) is 6.54 Å². The van der Waals surface area contributed by atoms with Gasteiger partial charge < -0.3 is 10.4 Å². The molecule has 1 aliphatic carbocycles. The van der Waals surface area contributed by atoms with Crippen molar-refractivity contribution < 1.29 is 5.11 Å². The fraction of sp³-hybridized carbons (Fsp3) is 0.571. The van der Waals surface area contributed by atoms with Crippen molar-refractivity contribution in [1.29, 1.82) is 0 Å². The van der Waals surface area contributed by atoms with Crippen LogP contribution in [0.3, 0.4) is 0 Å². The average Bonchev–Trinajstić information content (AvgIpc) is 2.76. The van der Waals surface area contributed by atoms with Crippen LogP contribution in [0, 0.1) is 12.8 Å². The molecule has 1 aliphatic rings. The highest BCUT2D eigenvalue weighted by atomic mass is 16.3. The molecule has 0 amide bonds. The van der Waals surface area contributed by atoms with Gasteiger partial charge >= 0.3 is 0 Å². The molecule has 2 N–H and O–H groups in total. The zero-order valence-electron chi connectivity index (χ0n) is 9.95. The molecule has 1 aromatic rings. The zero-order valence-corrected chi connectivity index (χ0v) is 9.95. The highest BCUT2D eigenvalue weighted by Crippen LogP contribution is 2.25. The first-order valence-corrected chi connectivity index (χ1v) is 6.19. The van der Waals surface area contributed by atoms with E-state index in [4.69, 9.17) is 0 Å². The van der Waals surface area contributed by atoms with Crippen molar-refractivity contribution in [2.75, 3.05) is 6.61 Å². The molecule has 1 aromatic carbocycles. The van der Waals surface area contributed by atoms with Gasteiger partial charge in [-0.3, -0.25) is 0 Å². The molecule has 0 bridgehead atoms. The van der Waals surface area contributed by atoms with Crippen molar-refractivity contribution >= 4 is 0 Å². The molecule has 2 rings (SSSR count). The number of hydrogen-bond acceptors (Lipinski definition) is 2. The molecule has 16 heavy (non-hydrogen) atoms. The summed E-state index contributed by atoms with van der Waals surface area (Å²) in [5.74, 6) is 0.463. The number of aliphatic hydroxyl groups excluding tert-OH is 1. The second-order valence-electron chi connectivity index (χ2n) is 4.85. The van der Waals surface area contributed by atoms with E-state index in [-0.39, 0.29) is 0 Å². The monoisotopic (exact) mass is 219 g/mol. The predicted molar refractivity (Wildman–Crippen MR) is 66.2 cm³/mol. The predicted octanol–water partition coefficient (Wildman–Crippen LogP) is 2.25. The van der Waals surface area contributed by atoms with E-state index >= 15 is 0 Å². The van der Waals surface area contributed by atoms with Crippen LogP contribution in [0.2, 0.25) is 0 Å². The lowest BCUT2D eigenvalue weighted by atomic mass is 10.0. The fourth-order valence-corrected chi connectivity index (χ4v) is 2.48. The summed E-state index contributed by atoms with van der Waals surface area (Å²) in [5.41, 5.74) is 2.63. The van der Waals surface area contributed by atoms with E-state index in [1.807, 2.05) is 0 Å². The van der Waals surface area contributed by atoms with Crippen molar-refractivity contribution in [2.24, 2.45) is 5.92 Å². The van der Waals surface area contributed by atoms with Gasteiger partial charge in [0.05, 0.1) is 0 Å². The molecular formula is C14H21NO. The highest BCUT2D eigenvalue weighted by molar-refractivity contribution is 5.21. The van der Waals surface area contributed by atoms with Crippen LogP contribution < -0.4 is 5.32 Å². The summed E-state index contributed by atoms with van der Waals surface area (Å²) >= 11 is 0. The van der Waals surface area contributed by atoms with E-state index in [0.717, 1.165) is 6.54 Å². The smallest absolute Gasteiger partial charge is 0.0474 e. The quantitative estimate of drug-likeness (QED) is 0.814. The Morgan fingerprint density at radius 3 is 2.69 bits per heavy atom. The second kappa shape index (κ2) is 5.46. The van der Waals surface area contributed by atoms with Crippen LogP contribution in [0.15, 0.2) is 24.3 Å². The first-order valence-electron chi connectivity index (χ1n) is 6.19. The van der Waals surface area contributed by atoms with Gasteiger partial charge in [0.25, 0.3) is 0 Å². The lowest BCUT2D eigenvalue weighted by Crippen LogP contribution is -2.33. The van der Waals surface area contributed by atoms with Gasteiger partial charge in [0.15, 0.2) is 0 Å². The molecule has 0 aliphatic heterocycles. The lowest BCUT2D eigenvalue weighted by molar-refractivity contribution is 0.205. The van der Waals surface area contributed by atoms with Crippen LogP contribution in [0.4, 0.5) is 0 Å². The molecule has 2 unspecified atom stereocenters. The Labute approximate surface area is 97.7 Å². The van der Waals surface area contributed by atoms with Crippen LogP contribution in [0.5, 0.6) is 0 Å². The molecule has 1 fully saturated rings. The van der Waals surface area contributed by atoms with Crippen molar-refractivity contribution in [3.05, 3.63) is 35.4 Å². The Kier molecular flexibility index (Phi) is 3.97. The van der Waals surface area contributed by atoms with E-state index in [9.17, 15) is 5.11 Å². The molecule has 0 saturated heterocycles. The molecule has 0 aromatic heterocycles. The van der Waals surface area contributed by atoms with Crippen molar-refractivity contribution in [1.82, 2.24) is 5.32 Å². The van der Waals surface area contributed by atoms with Gasteiger partial charge in [0.2, 0.25) is 0 Å². The fourth-order valence-electron chi connectivity index (χ4n) is 2.48. The number of nitrogens with one attached hydrogen (secondary N) is 1. The highest BCUT2D eigenvalue weighted by Gasteiger charge is 2.25. The minimum atomic E-state index is 0.325. The third-order valence-electron chi connectivity index (χ3n) is 3.58. The van der Waals surface area contributed by atoms with Gasteiger partial charge in [0, 0.05) is 19.2 Å². The van der Waals surface area contributed by atoms with Crippen LogP contribution in [0.1, 0.15) is 30.4 Å². The molecular weight excluding hydrogens is 198 g/mol. The Balaban J connectivity index is 1.85. The molecule has 2 atom stereocenters. The molecule has 0 spiro atoms. The summed E-state index contributed by atoms with van der Waals surface area (Å²) in [4.78, 5) is 0. The Morgan fingerprint density at radius 2 is 2.00 bits per heavy atom. The number of aryl methyl sites for hydroxylation is 1. The van der Waals surface area contributed by atoms with Crippen LogP contribution in [0.25, 0.3) is 0 Å². The van der Waals surface area contributed by atoms with Crippen molar-refractivity contribution in [3.63, 3.8) is 0 Å².